The highest BCUT2D eigenvalue weighted by molar-refractivity contribution is 5.89. The third kappa shape index (κ3) is 7.13. The molecule has 1 aromatic carbocycles. The molecule has 0 heterocycles. The van der Waals surface area contributed by atoms with Crippen molar-refractivity contribution in [2.45, 2.75) is 46.3 Å². The van der Waals surface area contributed by atoms with E-state index in [1.54, 1.807) is 24.1 Å². The summed E-state index contributed by atoms with van der Waals surface area (Å²) in [5.74, 6) is 0.272. The summed E-state index contributed by atoms with van der Waals surface area (Å²) in [5, 5.41) is 0. The van der Waals surface area contributed by atoms with E-state index in [0.29, 0.717) is 31.1 Å². The Morgan fingerprint density at radius 2 is 1.75 bits per heavy atom. The molecule has 1 aromatic rings. The van der Waals surface area contributed by atoms with Gasteiger partial charge in [-0.2, -0.15) is 0 Å². The van der Waals surface area contributed by atoms with Gasteiger partial charge in [0.25, 0.3) is 0 Å². The van der Waals surface area contributed by atoms with Gasteiger partial charge in [0, 0.05) is 13.6 Å². The van der Waals surface area contributed by atoms with Gasteiger partial charge in [0.2, 0.25) is 5.91 Å². The second kappa shape index (κ2) is 10.1. The van der Waals surface area contributed by atoms with Crippen LogP contribution in [0.4, 0.5) is 0 Å². The first-order valence-electron chi connectivity index (χ1n) is 8.36. The molecule has 0 saturated carbocycles. The second-order valence-corrected chi connectivity index (χ2v) is 6.50. The van der Waals surface area contributed by atoms with Gasteiger partial charge in [0.1, 0.15) is 0 Å². The molecule has 0 aliphatic rings. The maximum Gasteiger partial charge on any atom is 0.337 e. The zero-order valence-electron chi connectivity index (χ0n) is 15.4. The molecule has 134 valence electrons. The van der Waals surface area contributed by atoms with E-state index in [1.807, 2.05) is 19.1 Å². The Labute approximate surface area is 144 Å². The molecule has 0 aromatic heterocycles. The molecule has 1 rings (SSSR count). The Bertz CT molecular complexity index is 525. The molecule has 0 unspecified atom stereocenters. The zero-order chi connectivity index (χ0) is 18.1. The third-order valence-electron chi connectivity index (χ3n) is 3.74. The number of ether oxygens (including phenoxy) is 2. The highest BCUT2D eigenvalue weighted by Crippen LogP contribution is 2.10. The second-order valence-electron chi connectivity index (χ2n) is 6.50. The summed E-state index contributed by atoms with van der Waals surface area (Å²) in [6.45, 7) is 7.30. The van der Waals surface area contributed by atoms with Crippen molar-refractivity contribution < 1.29 is 19.1 Å². The van der Waals surface area contributed by atoms with Crippen molar-refractivity contribution in [3.63, 3.8) is 0 Å². The molecule has 5 heteroatoms. The summed E-state index contributed by atoms with van der Waals surface area (Å²) < 4.78 is 10.3. The van der Waals surface area contributed by atoms with Crippen molar-refractivity contribution in [1.29, 1.82) is 0 Å². The van der Waals surface area contributed by atoms with Gasteiger partial charge in [0.05, 0.1) is 31.8 Å². The van der Waals surface area contributed by atoms with Crippen LogP contribution in [0.2, 0.25) is 0 Å². The molecule has 0 bridgehead atoms. The fourth-order valence-corrected chi connectivity index (χ4v) is 2.50. The average Bonchev–Trinajstić information content (AvgIpc) is 2.53. The first-order chi connectivity index (χ1) is 11.3. The number of rotatable bonds is 9. The number of carbonyl (C=O) groups is 2. The SMILES string of the molecule is COC(=O)c1ccc(CN(C)C(=O)CCO[C@H](C)CC(C)C)cc1. The van der Waals surface area contributed by atoms with E-state index in [1.165, 1.54) is 7.11 Å². The van der Waals surface area contributed by atoms with Crippen LogP contribution in [-0.2, 0) is 20.8 Å². The summed E-state index contributed by atoms with van der Waals surface area (Å²) in [5.41, 5.74) is 1.47. The highest BCUT2D eigenvalue weighted by Gasteiger charge is 2.12. The van der Waals surface area contributed by atoms with Gasteiger partial charge >= 0.3 is 5.97 Å². The Morgan fingerprint density at radius 1 is 1.12 bits per heavy atom. The summed E-state index contributed by atoms with van der Waals surface area (Å²) in [6.07, 6.45) is 1.55. The van der Waals surface area contributed by atoms with Gasteiger partial charge in [-0.3, -0.25) is 4.79 Å². The average molecular weight is 335 g/mol. The first-order valence-corrected chi connectivity index (χ1v) is 8.36. The van der Waals surface area contributed by atoms with Crippen molar-refractivity contribution in [3.8, 4) is 0 Å². The molecule has 0 saturated heterocycles. The summed E-state index contributed by atoms with van der Waals surface area (Å²) in [7, 11) is 3.13. The lowest BCUT2D eigenvalue weighted by Gasteiger charge is -2.19. The van der Waals surface area contributed by atoms with E-state index < -0.39 is 0 Å². The number of hydrogen-bond donors (Lipinski definition) is 0. The number of carbonyl (C=O) groups excluding carboxylic acids is 2. The summed E-state index contributed by atoms with van der Waals surface area (Å²) >= 11 is 0. The fourth-order valence-electron chi connectivity index (χ4n) is 2.50. The van der Waals surface area contributed by atoms with Crippen LogP contribution in [0, 0.1) is 5.92 Å². The number of amides is 1. The third-order valence-corrected chi connectivity index (χ3v) is 3.74. The monoisotopic (exact) mass is 335 g/mol. The van der Waals surface area contributed by atoms with Crippen LogP contribution in [0.3, 0.4) is 0 Å². The number of hydrogen-bond acceptors (Lipinski definition) is 4. The Balaban J connectivity index is 2.39. The Kier molecular flexibility index (Phi) is 8.47. The van der Waals surface area contributed by atoms with Gasteiger partial charge in [-0.15, -0.1) is 0 Å². The largest absolute Gasteiger partial charge is 0.465 e. The molecule has 0 N–H and O–H groups in total. The lowest BCUT2D eigenvalue weighted by molar-refractivity contribution is -0.132. The zero-order valence-corrected chi connectivity index (χ0v) is 15.4. The molecule has 24 heavy (non-hydrogen) atoms. The van der Waals surface area contributed by atoms with E-state index in [-0.39, 0.29) is 18.0 Å². The molecule has 0 spiro atoms. The van der Waals surface area contributed by atoms with Gasteiger partial charge in [-0.1, -0.05) is 26.0 Å². The molecule has 1 atom stereocenters. The van der Waals surface area contributed by atoms with Crippen molar-refractivity contribution in [2.24, 2.45) is 5.92 Å². The van der Waals surface area contributed by atoms with Crippen molar-refractivity contribution in [3.05, 3.63) is 35.4 Å². The van der Waals surface area contributed by atoms with Crippen molar-refractivity contribution >= 4 is 11.9 Å². The Hall–Kier alpha value is -1.88. The van der Waals surface area contributed by atoms with E-state index >= 15 is 0 Å². The number of esters is 1. The molecular formula is C19H29NO4. The van der Waals surface area contributed by atoms with E-state index in [9.17, 15) is 9.59 Å². The molecule has 0 radical (unpaired) electrons. The Morgan fingerprint density at radius 3 is 2.29 bits per heavy atom. The smallest absolute Gasteiger partial charge is 0.337 e. The molecule has 0 fully saturated rings. The first kappa shape index (κ1) is 20.2. The van der Waals surface area contributed by atoms with Crippen LogP contribution in [0.5, 0.6) is 0 Å². The van der Waals surface area contributed by atoms with Crippen LogP contribution >= 0.6 is 0 Å². The van der Waals surface area contributed by atoms with E-state index in [0.717, 1.165) is 12.0 Å². The number of benzene rings is 1. The quantitative estimate of drug-likeness (QED) is 0.650. The fraction of sp³-hybridized carbons (Fsp3) is 0.579. The predicted molar refractivity (Wildman–Crippen MR) is 93.7 cm³/mol. The summed E-state index contributed by atoms with van der Waals surface area (Å²) in [4.78, 5) is 25.2. The molecule has 0 aliphatic heterocycles. The molecule has 5 nitrogen and oxygen atoms in total. The van der Waals surface area contributed by atoms with Crippen LogP contribution < -0.4 is 0 Å². The number of nitrogens with zero attached hydrogens (tertiary/aromatic N) is 1. The normalized spacial score (nSPS) is 12.1. The van der Waals surface area contributed by atoms with E-state index in [4.69, 9.17) is 4.74 Å². The maximum absolute atomic E-state index is 12.1. The topological polar surface area (TPSA) is 55.8 Å². The minimum Gasteiger partial charge on any atom is -0.465 e. The molecular weight excluding hydrogens is 306 g/mol. The van der Waals surface area contributed by atoms with Crippen LogP contribution in [0.15, 0.2) is 24.3 Å². The van der Waals surface area contributed by atoms with Crippen LogP contribution in [0.25, 0.3) is 0 Å². The predicted octanol–water partition coefficient (Wildman–Crippen LogP) is 3.27. The van der Waals surface area contributed by atoms with Crippen LogP contribution in [-0.4, -0.2) is 43.6 Å². The summed E-state index contributed by atoms with van der Waals surface area (Å²) in [6, 6.07) is 7.07. The van der Waals surface area contributed by atoms with Crippen molar-refractivity contribution in [2.75, 3.05) is 20.8 Å². The van der Waals surface area contributed by atoms with Crippen molar-refractivity contribution in [1.82, 2.24) is 4.90 Å². The van der Waals surface area contributed by atoms with Gasteiger partial charge in [-0.05, 0) is 37.0 Å². The molecule has 0 aliphatic carbocycles. The molecule has 1 amide bonds. The van der Waals surface area contributed by atoms with Gasteiger partial charge < -0.3 is 14.4 Å². The van der Waals surface area contributed by atoms with E-state index in [2.05, 4.69) is 18.6 Å². The minimum absolute atomic E-state index is 0.0452. The van der Waals surface area contributed by atoms with Gasteiger partial charge in [0.15, 0.2) is 0 Å². The van der Waals surface area contributed by atoms with Crippen LogP contribution in [0.1, 0.15) is 49.5 Å². The van der Waals surface area contributed by atoms with Gasteiger partial charge in [-0.25, -0.2) is 4.79 Å². The maximum atomic E-state index is 12.1. The lowest BCUT2D eigenvalue weighted by atomic mass is 10.1. The lowest BCUT2D eigenvalue weighted by Crippen LogP contribution is -2.27. The standard InChI is InChI=1S/C19H29NO4/c1-14(2)12-15(3)24-11-10-18(21)20(4)13-16-6-8-17(9-7-16)19(22)23-5/h6-9,14-15H,10-13H2,1-5H3/t15-/m1/s1. The highest BCUT2D eigenvalue weighted by atomic mass is 16.5. The number of methoxy groups -OCH3 is 1. The minimum atomic E-state index is -0.362.